The minimum atomic E-state index is -1.67. The molecule has 0 aliphatic carbocycles. The topological polar surface area (TPSA) is 110 Å². The van der Waals surface area contributed by atoms with Crippen LogP contribution in [0.2, 0.25) is 0 Å². The number of benzene rings is 1. The van der Waals surface area contributed by atoms with Crippen LogP contribution in [0.3, 0.4) is 0 Å². The van der Waals surface area contributed by atoms with Gasteiger partial charge in [-0.05, 0) is 24.1 Å². The molecule has 1 aromatic rings. The molecule has 1 unspecified atom stereocenters. The first kappa shape index (κ1) is 12.0. The molecular formula is C10H11NO5. The van der Waals surface area contributed by atoms with Crippen molar-refractivity contribution in [3.8, 4) is 5.75 Å². The Morgan fingerprint density at radius 3 is 2.38 bits per heavy atom. The van der Waals surface area contributed by atoms with Crippen LogP contribution < -0.4 is 5.73 Å². The van der Waals surface area contributed by atoms with Crippen molar-refractivity contribution in [2.75, 3.05) is 0 Å². The van der Waals surface area contributed by atoms with Crippen molar-refractivity contribution in [1.29, 1.82) is 0 Å². The van der Waals surface area contributed by atoms with Crippen molar-refractivity contribution in [2.45, 2.75) is 12.5 Å². The van der Waals surface area contributed by atoms with Crippen LogP contribution >= 0.6 is 0 Å². The molecule has 0 spiro atoms. The van der Waals surface area contributed by atoms with Crippen LogP contribution in [-0.4, -0.2) is 28.4 Å². The Morgan fingerprint density at radius 1 is 1.31 bits per heavy atom. The number of carbonyl (C=O) groups is 2. The number of ether oxygens (including phenoxy) is 1. The molecule has 0 bridgehead atoms. The quantitative estimate of drug-likeness (QED) is 0.510. The summed E-state index contributed by atoms with van der Waals surface area (Å²) in [5.74, 6) is -0.897. The van der Waals surface area contributed by atoms with Gasteiger partial charge in [0.1, 0.15) is 11.8 Å². The molecule has 0 fully saturated rings. The van der Waals surface area contributed by atoms with Gasteiger partial charge in [0, 0.05) is 0 Å². The number of carbonyl (C=O) groups excluding carboxylic acids is 1. The molecule has 0 aromatic heterocycles. The highest BCUT2D eigenvalue weighted by molar-refractivity contribution is 5.84. The van der Waals surface area contributed by atoms with Crippen LogP contribution in [0.5, 0.6) is 5.75 Å². The van der Waals surface area contributed by atoms with Crippen LogP contribution in [0.15, 0.2) is 24.3 Å². The van der Waals surface area contributed by atoms with Gasteiger partial charge in [-0.25, -0.2) is 9.59 Å². The average Bonchev–Trinajstić information content (AvgIpc) is 2.20. The summed E-state index contributed by atoms with van der Waals surface area (Å²) in [6, 6.07) is 5.03. The average molecular weight is 225 g/mol. The number of nitrogens with two attached hydrogens (primary N) is 1. The molecule has 0 heterocycles. The molecule has 0 aliphatic heterocycles. The molecule has 0 aliphatic rings. The van der Waals surface area contributed by atoms with Gasteiger partial charge in [0.15, 0.2) is 0 Å². The Bertz CT molecular complexity index is 387. The molecule has 0 saturated carbocycles. The van der Waals surface area contributed by atoms with E-state index in [1.807, 2.05) is 0 Å². The van der Waals surface area contributed by atoms with Crippen molar-refractivity contribution < 1.29 is 24.5 Å². The molecule has 0 radical (unpaired) electrons. The second-order valence-electron chi connectivity index (χ2n) is 3.16. The lowest BCUT2D eigenvalue weighted by atomic mass is 10.1. The Morgan fingerprint density at radius 2 is 1.88 bits per heavy atom. The molecule has 1 rings (SSSR count). The number of hydrogen-bond acceptors (Lipinski definition) is 5. The maximum atomic E-state index is 11.0. The van der Waals surface area contributed by atoms with Gasteiger partial charge >= 0.3 is 12.1 Å². The largest absolute Gasteiger partial charge is 0.513 e. The minimum absolute atomic E-state index is 0.102. The third-order valence-corrected chi connectivity index (χ3v) is 1.88. The van der Waals surface area contributed by atoms with Crippen molar-refractivity contribution in [3.63, 3.8) is 0 Å². The van der Waals surface area contributed by atoms with Crippen LogP contribution in [-0.2, 0) is 16.0 Å². The van der Waals surface area contributed by atoms with Crippen LogP contribution in [0.4, 0.5) is 4.79 Å². The first-order chi connectivity index (χ1) is 7.49. The van der Waals surface area contributed by atoms with Gasteiger partial charge in [0.2, 0.25) is 0 Å². The number of phenolic OH excluding ortho intramolecular Hbond substituents is 1. The van der Waals surface area contributed by atoms with E-state index in [0.29, 0.717) is 5.56 Å². The normalized spacial score (nSPS) is 11.8. The van der Waals surface area contributed by atoms with Gasteiger partial charge in [-0.1, -0.05) is 12.1 Å². The third-order valence-electron chi connectivity index (χ3n) is 1.88. The van der Waals surface area contributed by atoms with E-state index < -0.39 is 18.2 Å². The highest BCUT2D eigenvalue weighted by Gasteiger charge is 2.18. The maximum absolute atomic E-state index is 11.0. The molecule has 6 heteroatoms. The number of carboxylic acid groups (broad SMARTS) is 1. The molecule has 1 atom stereocenters. The van der Waals surface area contributed by atoms with Crippen LogP contribution in [0, 0.1) is 0 Å². The summed E-state index contributed by atoms with van der Waals surface area (Å²) in [6.45, 7) is 0. The van der Waals surface area contributed by atoms with E-state index in [1.54, 1.807) is 12.1 Å². The van der Waals surface area contributed by atoms with E-state index in [2.05, 4.69) is 4.74 Å². The van der Waals surface area contributed by atoms with E-state index in [4.69, 9.17) is 15.9 Å². The van der Waals surface area contributed by atoms with Crippen molar-refractivity contribution in [1.82, 2.24) is 0 Å². The summed E-state index contributed by atoms with van der Waals surface area (Å²) >= 11 is 0. The predicted octanol–water partition coefficient (Wildman–Crippen LogP) is 0.483. The molecule has 6 nitrogen and oxygen atoms in total. The number of esters is 1. The van der Waals surface area contributed by atoms with Crippen molar-refractivity contribution >= 4 is 12.1 Å². The summed E-state index contributed by atoms with van der Waals surface area (Å²) in [5.41, 5.74) is 6.14. The highest BCUT2D eigenvalue weighted by atomic mass is 16.7. The SMILES string of the molecule is NC(Cc1ccc(O)cc1)C(=O)OC(=O)O. The molecule has 16 heavy (non-hydrogen) atoms. The summed E-state index contributed by atoms with van der Waals surface area (Å²) in [6.07, 6.45) is -1.53. The van der Waals surface area contributed by atoms with Crippen molar-refractivity contribution in [2.24, 2.45) is 5.73 Å². The lowest BCUT2D eigenvalue weighted by Gasteiger charge is -2.08. The van der Waals surface area contributed by atoms with E-state index in [-0.39, 0.29) is 12.2 Å². The van der Waals surface area contributed by atoms with Gasteiger partial charge in [0.05, 0.1) is 0 Å². The van der Waals surface area contributed by atoms with Gasteiger partial charge in [0.25, 0.3) is 0 Å². The summed E-state index contributed by atoms with van der Waals surface area (Å²) in [5, 5.41) is 17.2. The molecule has 4 N–H and O–H groups in total. The highest BCUT2D eigenvalue weighted by Crippen LogP contribution is 2.11. The van der Waals surface area contributed by atoms with E-state index in [0.717, 1.165) is 0 Å². The fourth-order valence-electron chi connectivity index (χ4n) is 1.13. The van der Waals surface area contributed by atoms with Gasteiger partial charge in [-0.2, -0.15) is 0 Å². The Hall–Kier alpha value is -2.08. The number of hydrogen-bond donors (Lipinski definition) is 3. The van der Waals surface area contributed by atoms with E-state index in [1.165, 1.54) is 12.1 Å². The Balaban J connectivity index is 2.57. The smallest absolute Gasteiger partial charge is 0.508 e. The minimum Gasteiger partial charge on any atom is -0.508 e. The number of aromatic hydroxyl groups is 1. The van der Waals surface area contributed by atoms with E-state index in [9.17, 15) is 9.59 Å². The third kappa shape index (κ3) is 3.58. The van der Waals surface area contributed by atoms with E-state index >= 15 is 0 Å². The molecule has 1 aromatic carbocycles. The molecule has 0 amide bonds. The second kappa shape index (κ2) is 5.13. The zero-order chi connectivity index (χ0) is 12.1. The fraction of sp³-hybridized carbons (Fsp3) is 0.200. The van der Waals surface area contributed by atoms with Crippen LogP contribution in [0.25, 0.3) is 0 Å². The summed E-state index contributed by atoms with van der Waals surface area (Å²) in [7, 11) is 0. The van der Waals surface area contributed by atoms with Gasteiger partial charge in [-0.3, -0.25) is 0 Å². The fourth-order valence-corrected chi connectivity index (χ4v) is 1.13. The standard InChI is InChI=1S/C10H11NO5/c11-8(9(13)16-10(14)15)5-6-1-3-7(12)4-2-6/h1-4,8,12H,5,11H2,(H,14,15). The maximum Gasteiger partial charge on any atom is 0.513 e. The zero-order valence-corrected chi connectivity index (χ0v) is 8.29. The summed E-state index contributed by atoms with van der Waals surface area (Å²) < 4.78 is 3.91. The monoisotopic (exact) mass is 225 g/mol. The first-order valence-electron chi connectivity index (χ1n) is 4.47. The predicted molar refractivity (Wildman–Crippen MR) is 53.9 cm³/mol. The summed E-state index contributed by atoms with van der Waals surface area (Å²) in [4.78, 5) is 21.1. The molecular weight excluding hydrogens is 214 g/mol. The van der Waals surface area contributed by atoms with Crippen molar-refractivity contribution in [3.05, 3.63) is 29.8 Å². The van der Waals surface area contributed by atoms with Gasteiger partial charge < -0.3 is 20.7 Å². The molecule has 0 saturated heterocycles. The second-order valence-corrected chi connectivity index (χ2v) is 3.16. The molecule has 86 valence electrons. The van der Waals surface area contributed by atoms with Crippen LogP contribution in [0.1, 0.15) is 5.56 Å². The Labute approximate surface area is 91.3 Å². The number of phenols is 1. The lowest BCUT2D eigenvalue weighted by molar-refractivity contribution is -0.140. The Kier molecular flexibility index (Phi) is 3.84. The number of rotatable bonds is 3. The lowest BCUT2D eigenvalue weighted by Crippen LogP contribution is -2.35. The first-order valence-corrected chi connectivity index (χ1v) is 4.47. The van der Waals surface area contributed by atoms with Gasteiger partial charge in [-0.15, -0.1) is 0 Å². The zero-order valence-electron chi connectivity index (χ0n) is 8.29.